The van der Waals surface area contributed by atoms with E-state index in [1.54, 1.807) is 15.6 Å². The minimum absolute atomic E-state index is 0.0191. The molecular formula is C25H23N5O3. The molecule has 3 aromatic rings. The molecule has 2 aliphatic heterocycles. The van der Waals surface area contributed by atoms with E-state index in [2.05, 4.69) is 23.6 Å². The van der Waals surface area contributed by atoms with Gasteiger partial charge in [-0.3, -0.25) is 24.0 Å². The van der Waals surface area contributed by atoms with E-state index in [1.807, 2.05) is 43.6 Å². The maximum atomic E-state index is 13.1. The van der Waals surface area contributed by atoms with E-state index in [4.69, 9.17) is 0 Å². The number of amides is 3. The largest absolute Gasteiger partial charge is 0.337 e. The molecule has 0 spiro atoms. The quantitative estimate of drug-likeness (QED) is 0.617. The molecule has 1 fully saturated rings. The Morgan fingerprint density at radius 3 is 2.58 bits per heavy atom. The number of nitrogens with zero attached hydrogens (tertiary/aromatic N) is 4. The fraction of sp³-hybridized carbons (Fsp3) is 0.200. The number of carbonyl (C=O) groups excluding carboxylic acids is 3. The van der Waals surface area contributed by atoms with E-state index in [0.717, 1.165) is 34.0 Å². The van der Waals surface area contributed by atoms with Gasteiger partial charge in [0.15, 0.2) is 0 Å². The minimum Gasteiger partial charge on any atom is -0.337 e. The van der Waals surface area contributed by atoms with Gasteiger partial charge in [0, 0.05) is 37.3 Å². The van der Waals surface area contributed by atoms with Crippen LogP contribution in [0.15, 0.2) is 67.1 Å². The Bertz CT molecular complexity index is 1370. The standard InChI is InChI=1S/C25H23N5O3/c1-15(24(32)29-10-5-11-29)26-23(31)16(2)30-14-21-19(6-4-7-20(21)25(30)33)17-8-9-18-13-28(3)27-22(18)12-17/h4,6-9,12-13H,1-2,5,10-11,14H2,3H3,(H,26,31). The third-order valence-corrected chi connectivity index (χ3v) is 6.15. The number of fused-ring (bicyclic) bond motifs is 2. The highest BCUT2D eigenvalue weighted by Gasteiger charge is 2.34. The maximum absolute atomic E-state index is 13.1. The fourth-order valence-electron chi connectivity index (χ4n) is 4.22. The van der Waals surface area contributed by atoms with Gasteiger partial charge in [0.25, 0.3) is 17.7 Å². The lowest BCUT2D eigenvalue weighted by atomic mass is 9.96. The van der Waals surface area contributed by atoms with Crippen molar-refractivity contribution in [1.29, 1.82) is 0 Å². The number of aromatic nitrogens is 2. The van der Waals surface area contributed by atoms with Crippen molar-refractivity contribution < 1.29 is 14.4 Å². The zero-order valence-corrected chi connectivity index (χ0v) is 18.3. The molecule has 1 aromatic heterocycles. The average molecular weight is 441 g/mol. The van der Waals surface area contributed by atoms with Gasteiger partial charge in [-0.2, -0.15) is 5.10 Å². The zero-order valence-electron chi connectivity index (χ0n) is 18.3. The molecule has 5 rings (SSSR count). The van der Waals surface area contributed by atoms with Crippen LogP contribution in [-0.4, -0.2) is 50.4 Å². The average Bonchev–Trinajstić information content (AvgIpc) is 3.30. The number of aryl methyl sites for hydroxylation is 1. The van der Waals surface area contributed by atoms with Crippen LogP contribution in [0.2, 0.25) is 0 Å². The Kier molecular flexibility index (Phi) is 4.85. The Labute approximate surface area is 190 Å². The first-order valence-electron chi connectivity index (χ1n) is 10.7. The summed E-state index contributed by atoms with van der Waals surface area (Å²) < 4.78 is 1.76. The number of rotatable bonds is 5. The van der Waals surface area contributed by atoms with Crippen molar-refractivity contribution in [3.05, 3.63) is 78.3 Å². The second kappa shape index (κ2) is 7.74. The monoisotopic (exact) mass is 441 g/mol. The van der Waals surface area contributed by atoms with Crippen LogP contribution in [0.3, 0.4) is 0 Å². The molecule has 0 aliphatic carbocycles. The summed E-state index contributed by atoms with van der Waals surface area (Å²) in [5, 5.41) is 8.00. The molecule has 0 bridgehead atoms. The molecule has 0 atom stereocenters. The summed E-state index contributed by atoms with van der Waals surface area (Å²) in [4.78, 5) is 41.0. The molecule has 0 unspecified atom stereocenters. The Morgan fingerprint density at radius 1 is 1.09 bits per heavy atom. The van der Waals surface area contributed by atoms with E-state index in [-0.39, 0.29) is 29.8 Å². The first-order chi connectivity index (χ1) is 15.8. The SMILES string of the molecule is C=C(NC(=O)C(=C)N1Cc2c(cccc2-c2ccc3cn(C)nc3c2)C1=O)C(=O)N1CCC1. The summed E-state index contributed by atoms with van der Waals surface area (Å²) in [6, 6.07) is 11.5. The van der Waals surface area contributed by atoms with Crippen molar-refractivity contribution >= 4 is 28.6 Å². The van der Waals surface area contributed by atoms with Gasteiger partial charge in [-0.05, 0) is 35.2 Å². The van der Waals surface area contributed by atoms with Crippen molar-refractivity contribution in [2.75, 3.05) is 13.1 Å². The van der Waals surface area contributed by atoms with E-state index < -0.39 is 5.91 Å². The Balaban J connectivity index is 1.38. The van der Waals surface area contributed by atoms with Gasteiger partial charge >= 0.3 is 0 Å². The van der Waals surface area contributed by atoms with Crippen LogP contribution in [0.4, 0.5) is 0 Å². The molecule has 3 heterocycles. The highest BCUT2D eigenvalue weighted by Crippen LogP contribution is 2.35. The second-order valence-electron chi connectivity index (χ2n) is 8.32. The van der Waals surface area contributed by atoms with Crippen LogP contribution in [0.5, 0.6) is 0 Å². The molecular weight excluding hydrogens is 418 g/mol. The molecule has 2 aromatic carbocycles. The first-order valence-corrected chi connectivity index (χ1v) is 10.7. The predicted octanol–water partition coefficient (Wildman–Crippen LogP) is 2.57. The summed E-state index contributed by atoms with van der Waals surface area (Å²) in [5.74, 6) is -1.23. The van der Waals surface area contributed by atoms with Crippen LogP contribution < -0.4 is 5.32 Å². The van der Waals surface area contributed by atoms with E-state index in [1.165, 1.54) is 4.90 Å². The molecule has 8 nitrogen and oxygen atoms in total. The molecule has 166 valence electrons. The van der Waals surface area contributed by atoms with Crippen molar-refractivity contribution in [3.63, 3.8) is 0 Å². The van der Waals surface area contributed by atoms with Crippen LogP contribution in [0, 0.1) is 0 Å². The van der Waals surface area contributed by atoms with Crippen molar-refractivity contribution in [2.24, 2.45) is 7.05 Å². The van der Waals surface area contributed by atoms with E-state index >= 15 is 0 Å². The summed E-state index contributed by atoms with van der Waals surface area (Å²) in [6.45, 7) is 9.01. The van der Waals surface area contributed by atoms with E-state index in [0.29, 0.717) is 18.7 Å². The van der Waals surface area contributed by atoms with Gasteiger partial charge < -0.3 is 10.2 Å². The van der Waals surface area contributed by atoms with Crippen LogP contribution in [0.1, 0.15) is 22.3 Å². The summed E-state index contributed by atoms with van der Waals surface area (Å²) in [7, 11) is 1.87. The van der Waals surface area contributed by atoms with Gasteiger partial charge in [-0.15, -0.1) is 0 Å². The zero-order chi connectivity index (χ0) is 23.3. The molecule has 3 amide bonds. The lowest BCUT2D eigenvalue weighted by Gasteiger charge is -2.31. The predicted molar refractivity (Wildman–Crippen MR) is 124 cm³/mol. The number of carbonyl (C=O) groups is 3. The minimum atomic E-state index is -0.619. The fourth-order valence-corrected chi connectivity index (χ4v) is 4.22. The summed E-state index contributed by atoms with van der Waals surface area (Å²) >= 11 is 0. The third-order valence-electron chi connectivity index (χ3n) is 6.15. The highest BCUT2D eigenvalue weighted by molar-refractivity contribution is 6.08. The van der Waals surface area contributed by atoms with Crippen LogP contribution >= 0.6 is 0 Å². The Morgan fingerprint density at radius 2 is 1.85 bits per heavy atom. The summed E-state index contributed by atoms with van der Waals surface area (Å²) in [6.07, 6.45) is 2.89. The Hall–Kier alpha value is -4.20. The normalized spacial score (nSPS) is 14.8. The maximum Gasteiger partial charge on any atom is 0.271 e. The van der Waals surface area contributed by atoms with Gasteiger partial charge in [-0.25, -0.2) is 0 Å². The number of hydrogen-bond acceptors (Lipinski definition) is 4. The third kappa shape index (κ3) is 3.49. The number of benzene rings is 2. The molecule has 1 saturated heterocycles. The smallest absolute Gasteiger partial charge is 0.271 e. The second-order valence-corrected chi connectivity index (χ2v) is 8.32. The van der Waals surface area contributed by atoms with Gasteiger partial charge in [0.2, 0.25) is 0 Å². The number of hydrogen-bond donors (Lipinski definition) is 1. The molecule has 8 heteroatoms. The van der Waals surface area contributed by atoms with Crippen LogP contribution in [-0.2, 0) is 23.2 Å². The van der Waals surface area contributed by atoms with Gasteiger partial charge in [0.1, 0.15) is 5.70 Å². The lowest BCUT2D eigenvalue weighted by Crippen LogP contribution is -2.46. The lowest BCUT2D eigenvalue weighted by molar-refractivity contribution is -0.132. The van der Waals surface area contributed by atoms with Crippen molar-refractivity contribution in [2.45, 2.75) is 13.0 Å². The molecule has 0 saturated carbocycles. The molecule has 2 aliphatic rings. The molecule has 0 radical (unpaired) electrons. The van der Waals surface area contributed by atoms with Gasteiger partial charge in [-0.1, -0.05) is 37.4 Å². The van der Waals surface area contributed by atoms with Crippen molar-refractivity contribution in [1.82, 2.24) is 24.9 Å². The number of nitrogens with one attached hydrogen (secondary N) is 1. The summed E-state index contributed by atoms with van der Waals surface area (Å²) in [5.41, 5.74) is 4.01. The van der Waals surface area contributed by atoms with E-state index in [9.17, 15) is 14.4 Å². The number of likely N-dealkylation sites (tertiary alicyclic amines) is 1. The molecule has 33 heavy (non-hydrogen) atoms. The van der Waals surface area contributed by atoms with Gasteiger partial charge in [0.05, 0.1) is 17.8 Å². The van der Waals surface area contributed by atoms with Crippen LogP contribution in [0.25, 0.3) is 22.0 Å². The topological polar surface area (TPSA) is 87.5 Å². The van der Waals surface area contributed by atoms with Crippen molar-refractivity contribution in [3.8, 4) is 11.1 Å². The molecule has 1 N–H and O–H groups in total. The highest BCUT2D eigenvalue weighted by atomic mass is 16.2. The first kappa shape index (κ1) is 20.7.